The molecule has 1 aromatic carbocycles. The van der Waals surface area contributed by atoms with Gasteiger partial charge in [-0.3, -0.25) is 9.59 Å². The molecule has 1 amide bonds. The van der Waals surface area contributed by atoms with Gasteiger partial charge in [-0.2, -0.15) is 0 Å². The van der Waals surface area contributed by atoms with Gasteiger partial charge >= 0.3 is 0 Å². The predicted octanol–water partition coefficient (Wildman–Crippen LogP) is 4.37. The molecule has 9 atom stereocenters. The molecule has 5 rings (SSSR count). The number of benzene rings is 1. The maximum absolute atomic E-state index is 14.3. The third kappa shape index (κ3) is 5.01. The van der Waals surface area contributed by atoms with Gasteiger partial charge in [0.05, 0.1) is 30.5 Å². The lowest BCUT2D eigenvalue weighted by molar-refractivity contribution is -0.198. The molecule has 4 aliphatic rings. The number of carbonyl (C=O) groups is 2. The van der Waals surface area contributed by atoms with E-state index < -0.39 is 41.2 Å². The Morgan fingerprint density at radius 2 is 1.88 bits per heavy atom. The first-order valence-electron chi connectivity index (χ1n) is 15.4. The van der Waals surface area contributed by atoms with Crippen LogP contribution in [0.25, 0.3) is 0 Å². The number of ether oxygens (including phenoxy) is 4. The Morgan fingerprint density at radius 3 is 2.52 bits per heavy atom. The Hall–Kier alpha value is -2.30. The second kappa shape index (κ2) is 11.3. The Bertz CT molecular complexity index is 1200. The average Bonchev–Trinajstić information content (AvgIpc) is 3.41. The van der Waals surface area contributed by atoms with Gasteiger partial charge in [-0.05, 0) is 82.6 Å². The number of aliphatic hydroxyl groups excluding tert-OH is 1. The van der Waals surface area contributed by atoms with Gasteiger partial charge in [0.2, 0.25) is 11.7 Å². The first-order chi connectivity index (χ1) is 19.8. The van der Waals surface area contributed by atoms with Gasteiger partial charge in [-0.25, -0.2) is 0 Å². The number of carbonyl (C=O) groups excluding carboxylic acids is 2. The van der Waals surface area contributed by atoms with Crippen LogP contribution in [0.2, 0.25) is 0 Å². The van der Waals surface area contributed by atoms with Crippen LogP contribution in [0, 0.1) is 22.7 Å². The van der Waals surface area contributed by atoms with Crippen LogP contribution in [-0.4, -0.2) is 65.8 Å². The van der Waals surface area contributed by atoms with Gasteiger partial charge in [0.25, 0.3) is 0 Å². The van der Waals surface area contributed by atoms with Gasteiger partial charge < -0.3 is 35.1 Å². The lowest BCUT2D eigenvalue weighted by Gasteiger charge is -2.56. The fourth-order valence-electron chi connectivity index (χ4n) is 8.04. The summed E-state index contributed by atoms with van der Waals surface area (Å²) in [5.74, 6) is 0.148. The van der Waals surface area contributed by atoms with Gasteiger partial charge in [0, 0.05) is 16.5 Å². The van der Waals surface area contributed by atoms with Gasteiger partial charge in [-0.1, -0.05) is 39.3 Å². The van der Waals surface area contributed by atoms with Crippen molar-refractivity contribution in [3.05, 3.63) is 36.4 Å². The van der Waals surface area contributed by atoms with Crippen molar-refractivity contribution >= 4 is 17.4 Å². The summed E-state index contributed by atoms with van der Waals surface area (Å²) in [4.78, 5) is 26.2. The largest absolute Gasteiger partial charge is 0.486 e. The lowest BCUT2D eigenvalue weighted by Crippen LogP contribution is -2.62. The molecule has 42 heavy (non-hydrogen) atoms. The summed E-state index contributed by atoms with van der Waals surface area (Å²) in [7, 11) is 0. The van der Waals surface area contributed by atoms with Gasteiger partial charge in [0.1, 0.15) is 12.4 Å². The average molecular weight is 585 g/mol. The van der Waals surface area contributed by atoms with Crippen LogP contribution in [-0.2, 0) is 23.8 Å². The van der Waals surface area contributed by atoms with Crippen LogP contribution in [0.5, 0.6) is 5.75 Å². The van der Waals surface area contributed by atoms with Crippen LogP contribution >= 0.6 is 0 Å². The summed E-state index contributed by atoms with van der Waals surface area (Å²) in [6.45, 7) is 12.6. The molecule has 2 aliphatic carbocycles. The second-order valence-electron chi connectivity index (χ2n) is 13.7. The maximum Gasteiger partial charge on any atom is 0.240 e. The fourth-order valence-corrected chi connectivity index (χ4v) is 8.04. The van der Waals surface area contributed by atoms with Crippen molar-refractivity contribution in [2.24, 2.45) is 28.4 Å². The molecule has 4 N–H and O–H groups in total. The zero-order valence-corrected chi connectivity index (χ0v) is 25.9. The minimum atomic E-state index is -1.20. The van der Waals surface area contributed by atoms with E-state index in [4.69, 9.17) is 24.7 Å². The smallest absolute Gasteiger partial charge is 0.240 e. The van der Waals surface area contributed by atoms with Crippen LogP contribution in [0.4, 0.5) is 5.69 Å². The topological polar surface area (TPSA) is 129 Å². The number of fused-ring (bicyclic) bond motifs is 3. The van der Waals surface area contributed by atoms with Crippen LogP contribution in [0.1, 0.15) is 73.6 Å². The Labute approximate surface area is 249 Å². The van der Waals surface area contributed by atoms with E-state index >= 15 is 0 Å². The van der Waals surface area contributed by atoms with Gasteiger partial charge in [-0.15, -0.1) is 0 Å². The van der Waals surface area contributed by atoms with E-state index in [2.05, 4.69) is 52.1 Å². The third-order valence-electron chi connectivity index (χ3n) is 10.9. The molecule has 2 heterocycles. The van der Waals surface area contributed by atoms with E-state index in [0.717, 1.165) is 12.8 Å². The predicted molar refractivity (Wildman–Crippen MR) is 159 cm³/mol. The second-order valence-corrected chi connectivity index (χ2v) is 13.7. The highest BCUT2D eigenvalue weighted by atomic mass is 16.7. The summed E-state index contributed by atoms with van der Waals surface area (Å²) in [5.41, 5.74) is 3.61. The molecular formula is C33H48N2O7. The molecule has 1 saturated heterocycles. The standard InChI is InChI=1S/C33H48N2O7/c1-7-9-28-41-27-17-21-16-24(31(5)14-8-15-40-30(31,3)4)25(36)18-32(21,6)33(27,42-28)26(37)19-39-23-12-10-22(11-13-23)35-29(38)20(2)34/h8,10-14,20-21,24-25,27-28,36H,7,9,15-19,34H2,1-6H3,(H,35,38)/t20-,21+,24+,25-,27+,28+,31+,32-,33+/m0/s1. The number of anilines is 1. The molecule has 9 heteroatoms. The summed E-state index contributed by atoms with van der Waals surface area (Å²) in [6, 6.07) is 6.22. The Morgan fingerprint density at radius 1 is 1.17 bits per heavy atom. The summed E-state index contributed by atoms with van der Waals surface area (Å²) < 4.78 is 25.2. The molecule has 3 fully saturated rings. The zero-order chi connectivity index (χ0) is 30.5. The highest BCUT2D eigenvalue weighted by Crippen LogP contribution is 2.66. The van der Waals surface area contributed by atoms with Crippen molar-refractivity contribution in [1.29, 1.82) is 0 Å². The number of Topliss-reactive ketones (excluding diaryl/α,β-unsaturated/α-hetero) is 1. The minimum Gasteiger partial charge on any atom is -0.486 e. The first-order valence-corrected chi connectivity index (χ1v) is 15.4. The molecule has 232 valence electrons. The molecule has 2 aliphatic heterocycles. The van der Waals surface area contributed by atoms with E-state index in [1.807, 2.05) is 0 Å². The molecular weight excluding hydrogens is 536 g/mol. The molecule has 0 bridgehead atoms. The molecule has 0 spiro atoms. The summed E-state index contributed by atoms with van der Waals surface area (Å²) in [5, 5.41) is 14.5. The summed E-state index contributed by atoms with van der Waals surface area (Å²) >= 11 is 0. The molecule has 0 radical (unpaired) electrons. The van der Waals surface area contributed by atoms with Crippen molar-refractivity contribution in [2.75, 3.05) is 18.5 Å². The number of amides is 1. The fraction of sp³-hybridized carbons (Fsp3) is 0.697. The zero-order valence-electron chi connectivity index (χ0n) is 25.9. The third-order valence-corrected chi connectivity index (χ3v) is 10.9. The highest BCUT2D eigenvalue weighted by Gasteiger charge is 2.74. The number of hydrogen-bond donors (Lipinski definition) is 3. The lowest BCUT2D eigenvalue weighted by atomic mass is 9.52. The Balaban J connectivity index is 1.37. The molecule has 0 aromatic heterocycles. The van der Waals surface area contributed by atoms with Crippen molar-refractivity contribution in [3.63, 3.8) is 0 Å². The quantitative estimate of drug-likeness (QED) is 0.365. The summed E-state index contributed by atoms with van der Waals surface area (Å²) in [6.07, 6.45) is 6.21. The first kappa shape index (κ1) is 31.1. The minimum absolute atomic E-state index is 0.0305. The molecule has 0 unspecified atom stereocenters. The number of nitrogens with two attached hydrogens (primary N) is 1. The van der Waals surface area contributed by atoms with E-state index in [1.54, 1.807) is 31.2 Å². The van der Waals surface area contributed by atoms with Crippen LogP contribution < -0.4 is 15.8 Å². The maximum atomic E-state index is 14.3. The van der Waals surface area contributed by atoms with Crippen molar-refractivity contribution in [1.82, 2.24) is 0 Å². The van der Waals surface area contributed by atoms with Crippen LogP contribution in [0.15, 0.2) is 36.4 Å². The van der Waals surface area contributed by atoms with Crippen molar-refractivity contribution < 1.29 is 33.6 Å². The monoisotopic (exact) mass is 584 g/mol. The number of hydrogen-bond acceptors (Lipinski definition) is 8. The molecule has 1 aromatic rings. The number of rotatable bonds is 9. The van der Waals surface area contributed by atoms with E-state index in [1.165, 1.54) is 0 Å². The normalized spacial score (nSPS) is 39.3. The van der Waals surface area contributed by atoms with Crippen molar-refractivity contribution in [3.8, 4) is 5.75 Å². The van der Waals surface area contributed by atoms with Crippen LogP contribution in [0.3, 0.4) is 0 Å². The number of aliphatic hydroxyl groups is 1. The number of nitrogens with one attached hydrogen (secondary N) is 1. The molecule has 2 saturated carbocycles. The van der Waals surface area contributed by atoms with E-state index in [-0.39, 0.29) is 35.5 Å². The SMILES string of the molecule is CCC[C@@H]1O[C@@H]2C[C@H]3C[C@@H]([C@@]4(C)C=CCOC4(C)C)[C@@H](O)C[C@]3(C)[C@]2(C(=O)COc2ccc(NC(=O)[C@H](C)N)cc2)O1. The van der Waals surface area contributed by atoms with Crippen molar-refractivity contribution in [2.45, 2.75) is 109 Å². The highest BCUT2D eigenvalue weighted by molar-refractivity contribution is 5.94. The van der Waals surface area contributed by atoms with E-state index in [0.29, 0.717) is 37.3 Å². The molecule has 9 nitrogen and oxygen atoms in total. The number of ketones is 1. The van der Waals surface area contributed by atoms with Gasteiger partial charge in [0.15, 0.2) is 11.9 Å². The van der Waals surface area contributed by atoms with E-state index in [9.17, 15) is 14.7 Å². The Kier molecular flexibility index (Phi) is 8.39.